The average molecular weight is 341 g/mol. The Labute approximate surface area is 148 Å². The molecule has 0 aromatic heterocycles. The first-order valence-corrected chi connectivity index (χ1v) is 8.23. The first-order valence-electron chi connectivity index (χ1n) is 8.23. The monoisotopic (exact) mass is 341 g/mol. The van der Waals surface area contributed by atoms with E-state index in [-0.39, 0.29) is 11.9 Å². The van der Waals surface area contributed by atoms with E-state index in [4.69, 9.17) is 14.2 Å². The number of rotatable bonds is 5. The second-order valence-corrected chi connectivity index (χ2v) is 6.16. The lowest BCUT2D eigenvalue weighted by molar-refractivity contribution is 0.0737. The van der Waals surface area contributed by atoms with Gasteiger partial charge in [0.1, 0.15) is 0 Å². The van der Waals surface area contributed by atoms with Crippen LogP contribution in [0.1, 0.15) is 21.5 Å². The van der Waals surface area contributed by atoms with Crippen molar-refractivity contribution in [2.45, 2.75) is 18.9 Å². The summed E-state index contributed by atoms with van der Waals surface area (Å²) < 4.78 is 16.0. The van der Waals surface area contributed by atoms with Crippen molar-refractivity contribution in [2.75, 3.05) is 28.4 Å². The number of fused-ring (bicyclic) bond motifs is 1. The van der Waals surface area contributed by atoms with Gasteiger partial charge in [0.2, 0.25) is 5.75 Å². The third-order valence-corrected chi connectivity index (χ3v) is 4.81. The van der Waals surface area contributed by atoms with Crippen molar-refractivity contribution in [2.24, 2.45) is 0 Å². The summed E-state index contributed by atoms with van der Waals surface area (Å²) >= 11 is 0. The minimum atomic E-state index is -0.0583. The summed E-state index contributed by atoms with van der Waals surface area (Å²) in [6, 6.07) is 11.9. The SMILES string of the molecule is COc1cc(C(=O)N(C)C2Cc3ccccc3C2)cc(OC)c1OC. The average Bonchev–Trinajstić information content (AvgIpc) is 3.09. The van der Waals surface area contributed by atoms with Gasteiger partial charge in [-0.15, -0.1) is 0 Å². The van der Waals surface area contributed by atoms with Crippen LogP contribution in [0.15, 0.2) is 36.4 Å². The highest BCUT2D eigenvalue weighted by Crippen LogP contribution is 2.38. The van der Waals surface area contributed by atoms with Crippen LogP contribution in [0.2, 0.25) is 0 Å². The Morgan fingerprint density at radius 2 is 1.48 bits per heavy atom. The number of hydrogen-bond acceptors (Lipinski definition) is 4. The van der Waals surface area contributed by atoms with Gasteiger partial charge in [0, 0.05) is 18.7 Å². The van der Waals surface area contributed by atoms with Gasteiger partial charge in [-0.05, 0) is 36.1 Å². The molecular weight excluding hydrogens is 318 g/mol. The molecule has 5 heteroatoms. The number of carbonyl (C=O) groups is 1. The predicted octanol–water partition coefficient (Wildman–Crippen LogP) is 2.95. The predicted molar refractivity (Wildman–Crippen MR) is 95.8 cm³/mol. The number of amides is 1. The second kappa shape index (κ2) is 7.05. The molecule has 132 valence electrons. The van der Waals surface area contributed by atoms with Crippen LogP contribution in [0, 0.1) is 0 Å². The third kappa shape index (κ3) is 3.14. The van der Waals surface area contributed by atoms with Crippen LogP contribution >= 0.6 is 0 Å². The molecule has 0 radical (unpaired) electrons. The molecule has 0 aliphatic heterocycles. The van der Waals surface area contributed by atoms with Crippen LogP contribution in [0.3, 0.4) is 0 Å². The summed E-state index contributed by atoms with van der Waals surface area (Å²) in [5.74, 6) is 1.39. The van der Waals surface area contributed by atoms with Crippen LogP contribution in [0.25, 0.3) is 0 Å². The quantitative estimate of drug-likeness (QED) is 0.839. The van der Waals surface area contributed by atoms with Crippen LogP contribution in [-0.2, 0) is 12.8 Å². The van der Waals surface area contributed by atoms with E-state index in [1.165, 1.54) is 11.1 Å². The molecule has 2 aromatic rings. The van der Waals surface area contributed by atoms with Crippen molar-refractivity contribution in [1.82, 2.24) is 4.90 Å². The zero-order valence-electron chi connectivity index (χ0n) is 15.0. The van der Waals surface area contributed by atoms with E-state index in [9.17, 15) is 4.79 Å². The number of hydrogen-bond donors (Lipinski definition) is 0. The summed E-state index contributed by atoms with van der Waals surface area (Å²) in [4.78, 5) is 14.8. The maximum atomic E-state index is 13.0. The molecule has 25 heavy (non-hydrogen) atoms. The number of carbonyl (C=O) groups excluding carboxylic acids is 1. The molecule has 0 heterocycles. The lowest BCUT2D eigenvalue weighted by Gasteiger charge is -2.25. The first-order chi connectivity index (χ1) is 12.1. The Morgan fingerprint density at radius 1 is 0.960 bits per heavy atom. The number of benzene rings is 2. The van der Waals surface area contributed by atoms with Crippen molar-refractivity contribution in [3.8, 4) is 17.2 Å². The van der Waals surface area contributed by atoms with Crippen LogP contribution < -0.4 is 14.2 Å². The molecular formula is C20H23NO4. The number of nitrogens with zero attached hydrogens (tertiary/aromatic N) is 1. The normalized spacial score (nSPS) is 13.3. The van der Waals surface area contributed by atoms with Gasteiger partial charge in [-0.3, -0.25) is 4.79 Å². The highest BCUT2D eigenvalue weighted by molar-refractivity contribution is 5.95. The van der Waals surface area contributed by atoms with Crippen molar-refractivity contribution in [3.63, 3.8) is 0 Å². The van der Waals surface area contributed by atoms with Crippen LogP contribution in [0.5, 0.6) is 17.2 Å². The van der Waals surface area contributed by atoms with Gasteiger partial charge in [-0.2, -0.15) is 0 Å². The van der Waals surface area contributed by atoms with E-state index in [1.807, 2.05) is 19.2 Å². The van der Waals surface area contributed by atoms with E-state index < -0.39 is 0 Å². The molecule has 2 aromatic carbocycles. The van der Waals surface area contributed by atoms with Gasteiger partial charge < -0.3 is 19.1 Å². The summed E-state index contributed by atoms with van der Waals surface area (Å²) in [5, 5.41) is 0. The standard InChI is InChI=1S/C20H23NO4/c1-21(16-9-13-7-5-6-8-14(13)10-16)20(22)15-11-17(23-2)19(25-4)18(12-15)24-3/h5-8,11-12,16H,9-10H2,1-4H3. The zero-order chi connectivity index (χ0) is 18.0. The molecule has 1 aliphatic carbocycles. The molecule has 0 unspecified atom stereocenters. The maximum absolute atomic E-state index is 13.0. The van der Waals surface area contributed by atoms with Crippen molar-refractivity contribution >= 4 is 5.91 Å². The molecule has 0 N–H and O–H groups in total. The number of likely N-dealkylation sites (N-methyl/N-ethyl adjacent to an activating group) is 1. The minimum Gasteiger partial charge on any atom is -0.493 e. The second-order valence-electron chi connectivity index (χ2n) is 6.16. The molecule has 0 bridgehead atoms. The Morgan fingerprint density at radius 3 is 1.92 bits per heavy atom. The van der Waals surface area contributed by atoms with Gasteiger partial charge in [0.15, 0.2) is 11.5 Å². The largest absolute Gasteiger partial charge is 0.493 e. The summed E-state index contributed by atoms with van der Waals surface area (Å²) in [6.07, 6.45) is 1.76. The van der Waals surface area contributed by atoms with E-state index in [0.29, 0.717) is 22.8 Å². The molecule has 0 atom stereocenters. The molecule has 0 saturated carbocycles. The fraction of sp³-hybridized carbons (Fsp3) is 0.350. The van der Waals surface area contributed by atoms with Gasteiger partial charge in [-0.1, -0.05) is 24.3 Å². The molecule has 5 nitrogen and oxygen atoms in total. The number of ether oxygens (including phenoxy) is 3. The molecule has 1 amide bonds. The smallest absolute Gasteiger partial charge is 0.254 e. The van der Waals surface area contributed by atoms with Gasteiger partial charge in [0.25, 0.3) is 5.91 Å². The van der Waals surface area contributed by atoms with Gasteiger partial charge in [0.05, 0.1) is 21.3 Å². The van der Waals surface area contributed by atoms with Crippen molar-refractivity contribution in [1.29, 1.82) is 0 Å². The van der Waals surface area contributed by atoms with E-state index in [1.54, 1.807) is 38.4 Å². The molecule has 1 aliphatic rings. The van der Waals surface area contributed by atoms with Crippen LogP contribution in [0.4, 0.5) is 0 Å². The Balaban J connectivity index is 1.86. The third-order valence-electron chi connectivity index (χ3n) is 4.81. The van der Waals surface area contributed by atoms with E-state index in [0.717, 1.165) is 12.8 Å². The fourth-order valence-corrected chi connectivity index (χ4v) is 3.38. The molecule has 3 rings (SSSR count). The molecule has 0 spiro atoms. The highest BCUT2D eigenvalue weighted by Gasteiger charge is 2.29. The highest BCUT2D eigenvalue weighted by atomic mass is 16.5. The zero-order valence-corrected chi connectivity index (χ0v) is 15.0. The van der Waals surface area contributed by atoms with Crippen molar-refractivity contribution < 1.29 is 19.0 Å². The van der Waals surface area contributed by atoms with E-state index in [2.05, 4.69) is 12.1 Å². The molecule has 0 saturated heterocycles. The first kappa shape index (κ1) is 17.1. The summed E-state index contributed by atoms with van der Waals surface area (Å²) in [6.45, 7) is 0. The van der Waals surface area contributed by atoms with Gasteiger partial charge in [-0.25, -0.2) is 0 Å². The Bertz CT molecular complexity index is 737. The minimum absolute atomic E-state index is 0.0583. The lowest BCUT2D eigenvalue weighted by Crippen LogP contribution is -2.37. The molecule has 0 fully saturated rings. The van der Waals surface area contributed by atoms with Crippen LogP contribution in [-0.4, -0.2) is 45.2 Å². The fourth-order valence-electron chi connectivity index (χ4n) is 3.38. The van der Waals surface area contributed by atoms with Crippen molar-refractivity contribution in [3.05, 3.63) is 53.1 Å². The summed E-state index contributed by atoms with van der Waals surface area (Å²) in [5.41, 5.74) is 3.15. The van der Waals surface area contributed by atoms with Gasteiger partial charge >= 0.3 is 0 Å². The number of methoxy groups -OCH3 is 3. The summed E-state index contributed by atoms with van der Waals surface area (Å²) in [7, 11) is 6.48. The Hall–Kier alpha value is -2.69. The Kier molecular flexibility index (Phi) is 4.83. The lowest BCUT2D eigenvalue weighted by atomic mass is 10.1. The topological polar surface area (TPSA) is 48.0 Å². The maximum Gasteiger partial charge on any atom is 0.254 e. The van der Waals surface area contributed by atoms with E-state index >= 15 is 0 Å².